The summed E-state index contributed by atoms with van der Waals surface area (Å²) in [6.07, 6.45) is 0. The molecule has 0 aromatic heterocycles. The summed E-state index contributed by atoms with van der Waals surface area (Å²) in [6, 6.07) is 6.05. The zero-order valence-electron chi connectivity index (χ0n) is 12.9. The number of non-ortho nitro benzene ring substituents is 1. The van der Waals surface area contributed by atoms with Gasteiger partial charge in [-0.25, -0.2) is 4.79 Å². The Labute approximate surface area is 137 Å². The van der Waals surface area contributed by atoms with E-state index in [0.717, 1.165) is 24.3 Å². The highest BCUT2D eigenvalue weighted by Gasteiger charge is 2.33. The molecule has 0 amide bonds. The van der Waals surface area contributed by atoms with Crippen LogP contribution in [-0.4, -0.2) is 29.6 Å². The molecule has 128 valence electrons. The predicted molar refractivity (Wildman–Crippen MR) is 82.4 cm³/mol. The Morgan fingerprint density at radius 3 is 2.25 bits per heavy atom. The first-order valence-electron chi connectivity index (χ1n) is 6.71. The van der Waals surface area contributed by atoms with E-state index in [4.69, 9.17) is 14.3 Å². The van der Waals surface area contributed by atoms with Gasteiger partial charge in [-0.15, -0.1) is 0 Å². The van der Waals surface area contributed by atoms with Gasteiger partial charge in [0.2, 0.25) is 0 Å². The molecular weight excluding hydrogens is 341 g/mol. The number of oxime groups is 1. The summed E-state index contributed by atoms with van der Waals surface area (Å²) in [6.45, 7) is 3.08. The third-order valence-corrected chi connectivity index (χ3v) is 4.38. The zero-order chi connectivity index (χ0) is 18.2. The molecule has 1 rings (SSSR count). The van der Waals surface area contributed by atoms with E-state index in [0.29, 0.717) is 0 Å². The van der Waals surface area contributed by atoms with Gasteiger partial charge in [0, 0.05) is 12.1 Å². The van der Waals surface area contributed by atoms with E-state index in [1.807, 2.05) is 0 Å². The topological polar surface area (TPSA) is 141 Å². The van der Waals surface area contributed by atoms with Crippen LogP contribution in [0.1, 0.15) is 24.2 Å². The molecular formula is C13H14N3O7P. The number of nitro groups is 1. The first-order chi connectivity index (χ1) is 11.4. The molecule has 0 saturated heterocycles. The van der Waals surface area contributed by atoms with Crippen LogP contribution in [0.25, 0.3) is 0 Å². The minimum atomic E-state index is -3.98. The number of nitrogens with zero attached hydrogens (tertiary/aromatic N) is 3. The smallest absolute Gasteiger partial charge is 0.311 e. The first-order valence-corrected chi connectivity index (χ1v) is 8.25. The number of carbonyl (C=O) groups is 1. The van der Waals surface area contributed by atoms with Crippen LogP contribution in [-0.2, 0) is 18.5 Å². The van der Waals surface area contributed by atoms with Gasteiger partial charge in [0.25, 0.3) is 11.1 Å². The summed E-state index contributed by atoms with van der Waals surface area (Å²) in [5, 5.41) is 22.8. The van der Waals surface area contributed by atoms with Crippen molar-refractivity contribution in [3.63, 3.8) is 0 Å². The number of hydrogen-bond donors (Lipinski definition) is 0. The number of nitro benzene ring substituents is 1. The molecule has 0 fully saturated rings. The number of benzene rings is 1. The minimum absolute atomic E-state index is 0.00568. The van der Waals surface area contributed by atoms with E-state index in [9.17, 15) is 19.5 Å². The van der Waals surface area contributed by atoms with Crippen LogP contribution in [0.2, 0.25) is 0 Å². The van der Waals surface area contributed by atoms with E-state index in [1.54, 1.807) is 13.8 Å². The van der Waals surface area contributed by atoms with Crippen molar-refractivity contribution in [1.82, 2.24) is 0 Å². The third kappa shape index (κ3) is 4.96. The summed E-state index contributed by atoms with van der Waals surface area (Å²) in [5.41, 5.74) is -0.948. The van der Waals surface area contributed by atoms with Gasteiger partial charge >= 0.3 is 13.6 Å². The van der Waals surface area contributed by atoms with Gasteiger partial charge in [-0.1, -0.05) is 5.16 Å². The molecule has 24 heavy (non-hydrogen) atoms. The largest absolute Gasteiger partial charge is 0.393 e. The third-order valence-electron chi connectivity index (χ3n) is 2.49. The fraction of sp³-hybridized carbons (Fsp3) is 0.308. The maximum atomic E-state index is 12.3. The molecule has 0 atom stereocenters. The molecule has 0 spiro atoms. The van der Waals surface area contributed by atoms with Gasteiger partial charge < -0.3 is 13.9 Å². The number of carbonyl (C=O) groups excluding carboxylic acids is 1. The molecule has 0 aliphatic rings. The number of hydrogen-bond acceptors (Lipinski definition) is 9. The number of rotatable bonds is 8. The predicted octanol–water partition coefficient (Wildman–Crippen LogP) is 2.85. The number of nitriles is 1. The molecule has 0 aliphatic carbocycles. The fourth-order valence-corrected chi connectivity index (χ4v) is 2.75. The van der Waals surface area contributed by atoms with Crippen molar-refractivity contribution in [3.05, 3.63) is 39.9 Å². The second-order valence-electron chi connectivity index (χ2n) is 4.04. The van der Waals surface area contributed by atoms with Crippen molar-refractivity contribution in [3.8, 4) is 6.07 Å². The lowest BCUT2D eigenvalue weighted by Gasteiger charge is -2.13. The molecule has 0 saturated carbocycles. The molecule has 0 heterocycles. The van der Waals surface area contributed by atoms with E-state index in [-0.39, 0.29) is 24.5 Å². The maximum absolute atomic E-state index is 12.3. The highest BCUT2D eigenvalue weighted by Crippen LogP contribution is 2.49. The Morgan fingerprint density at radius 1 is 1.29 bits per heavy atom. The molecule has 1 aromatic carbocycles. The molecule has 1 aromatic rings. The monoisotopic (exact) mass is 355 g/mol. The Balaban J connectivity index is 2.95. The van der Waals surface area contributed by atoms with Crippen LogP contribution in [0.5, 0.6) is 0 Å². The van der Waals surface area contributed by atoms with Crippen molar-refractivity contribution in [2.75, 3.05) is 13.2 Å². The Bertz CT molecular complexity index is 714. The highest BCUT2D eigenvalue weighted by molar-refractivity contribution is 7.73. The van der Waals surface area contributed by atoms with Gasteiger partial charge in [0.1, 0.15) is 6.07 Å². The van der Waals surface area contributed by atoms with Crippen molar-refractivity contribution in [1.29, 1.82) is 5.26 Å². The minimum Gasteiger partial charge on any atom is -0.311 e. The fourth-order valence-electron chi connectivity index (χ4n) is 1.49. The second-order valence-corrected chi connectivity index (χ2v) is 5.98. The molecule has 0 aliphatic heterocycles. The van der Waals surface area contributed by atoms with E-state index < -0.39 is 23.9 Å². The summed E-state index contributed by atoms with van der Waals surface area (Å²) >= 11 is 0. The average Bonchev–Trinajstić information content (AvgIpc) is 2.55. The van der Waals surface area contributed by atoms with E-state index >= 15 is 0 Å². The normalized spacial score (nSPS) is 11.6. The maximum Gasteiger partial charge on any atom is 0.393 e. The molecule has 0 N–H and O–H groups in total. The van der Waals surface area contributed by atoms with Crippen molar-refractivity contribution in [2.24, 2.45) is 5.16 Å². The average molecular weight is 355 g/mol. The SMILES string of the molecule is CCOP(=O)(OCC)/C(C#N)=N/OC(=O)c1ccc([N+](=O)[O-])cc1. The Morgan fingerprint density at radius 2 is 1.83 bits per heavy atom. The summed E-state index contributed by atoms with van der Waals surface area (Å²) in [5.74, 6) is -0.989. The summed E-state index contributed by atoms with van der Waals surface area (Å²) in [4.78, 5) is 26.3. The van der Waals surface area contributed by atoms with E-state index in [2.05, 4.69) is 9.99 Å². The summed E-state index contributed by atoms with van der Waals surface area (Å²) < 4.78 is 22.2. The van der Waals surface area contributed by atoms with Gasteiger partial charge in [-0.3, -0.25) is 14.7 Å². The van der Waals surface area contributed by atoms with Crippen molar-refractivity contribution < 1.29 is 28.2 Å². The standard InChI is InChI=1S/C13H14N3O7P/c1-3-21-24(20,22-4-2)12(9-14)15-23-13(17)10-5-7-11(8-6-10)16(18)19/h5-8H,3-4H2,1-2H3/b15-12+. The molecule has 11 heteroatoms. The van der Waals surface area contributed by atoms with Crippen LogP contribution in [0.4, 0.5) is 5.69 Å². The first kappa shape index (κ1) is 19.4. The van der Waals surface area contributed by atoms with Gasteiger partial charge in [0.05, 0.1) is 23.7 Å². The molecule has 10 nitrogen and oxygen atoms in total. The van der Waals surface area contributed by atoms with Crippen molar-refractivity contribution >= 4 is 24.7 Å². The lowest BCUT2D eigenvalue weighted by molar-refractivity contribution is -0.384. The highest BCUT2D eigenvalue weighted by atomic mass is 31.2. The lowest BCUT2D eigenvalue weighted by Crippen LogP contribution is -2.08. The van der Waals surface area contributed by atoms with Gasteiger partial charge in [0.15, 0.2) is 0 Å². The van der Waals surface area contributed by atoms with Crippen molar-refractivity contribution in [2.45, 2.75) is 13.8 Å². The van der Waals surface area contributed by atoms with Crippen LogP contribution >= 0.6 is 7.60 Å². The van der Waals surface area contributed by atoms with Gasteiger partial charge in [-0.05, 0) is 26.0 Å². The molecule has 0 radical (unpaired) electrons. The van der Waals surface area contributed by atoms with E-state index in [1.165, 1.54) is 6.07 Å². The lowest BCUT2D eigenvalue weighted by atomic mass is 10.2. The van der Waals surface area contributed by atoms with Crippen LogP contribution in [0, 0.1) is 21.4 Å². The zero-order valence-corrected chi connectivity index (χ0v) is 13.8. The second kappa shape index (κ2) is 8.88. The van der Waals surface area contributed by atoms with Crippen LogP contribution in [0.3, 0.4) is 0 Å². The Hall–Kier alpha value is -2.60. The molecule has 0 unspecified atom stereocenters. The van der Waals surface area contributed by atoms with Crippen LogP contribution in [0.15, 0.2) is 29.4 Å². The molecule has 0 bridgehead atoms. The Kier molecular flexibility index (Phi) is 7.20. The summed E-state index contributed by atoms with van der Waals surface area (Å²) in [7, 11) is -3.98. The van der Waals surface area contributed by atoms with Gasteiger partial charge in [-0.2, -0.15) is 5.26 Å². The van der Waals surface area contributed by atoms with Crippen LogP contribution < -0.4 is 0 Å². The quantitative estimate of drug-likeness (QED) is 0.228.